The first-order valence-corrected chi connectivity index (χ1v) is 5.78. The molecule has 0 unspecified atom stereocenters. The minimum absolute atomic E-state index is 0.204. The van der Waals surface area contributed by atoms with Gasteiger partial charge in [0, 0.05) is 9.37 Å². The third-order valence-corrected chi connectivity index (χ3v) is 3.22. The van der Waals surface area contributed by atoms with Crippen LogP contribution in [0.1, 0.15) is 0 Å². The molecule has 0 saturated heterocycles. The van der Waals surface area contributed by atoms with Gasteiger partial charge in [-0.15, -0.1) is 0 Å². The number of hydrogen-bond donors (Lipinski definition) is 4. The largest absolute Gasteiger partial charge is 0.477 e. The van der Waals surface area contributed by atoms with Crippen molar-refractivity contribution in [1.29, 1.82) is 0 Å². The van der Waals surface area contributed by atoms with Crippen molar-refractivity contribution in [2.24, 2.45) is 11.6 Å². The number of carboxylic acids is 1. The van der Waals surface area contributed by atoms with Crippen molar-refractivity contribution in [1.82, 2.24) is 5.43 Å². The first kappa shape index (κ1) is 12.9. The van der Waals surface area contributed by atoms with Gasteiger partial charge in [-0.1, -0.05) is 27.7 Å². The molecule has 0 radical (unpaired) electrons. The zero-order chi connectivity index (χ0) is 12.1. The molecule has 0 heterocycles. The quantitative estimate of drug-likeness (QED) is 0.289. The van der Waals surface area contributed by atoms with E-state index in [1.54, 1.807) is 0 Å². The second-order valence-corrected chi connectivity index (χ2v) is 4.75. The Hall–Kier alpha value is -1.18. The molecule has 0 saturated carbocycles. The molecule has 6 N–H and O–H groups in total. The summed E-state index contributed by atoms with van der Waals surface area (Å²) in [5.41, 5.74) is 7.32. The number of carboxylic acid groups (broad SMARTS) is 1. The SMILES string of the molecule is NN/C(Sc1ccc(Br)cc1)=C(\N)C(=O)O. The van der Waals surface area contributed by atoms with E-state index in [0.29, 0.717) is 0 Å². The van der Waals surface area contributed by atoms with Crippen LogP contribution in [-0.2, 0) is 4.79 Å². The van der Waals surface area contributed by atoms with Crippen LogP contribution in [0.25, 0.3) is 0 Å². The van der Waals surface area contributed by atoms with Gasteiger partial charge in [0.15, 0.2) is 0 Å². The maximum Gasteiger partial charge on any atom is 0.354 e. The van der Waals surface area contributed by atoms with Crippen molar-refractivity contribution in [2.75, 3.05) is 0 Å². The number of aliphatic carboxylic acids is 1. The minimum atomic E-state index is -1.21. The molecule has 1 aromatic carbocycles. The van der Waals surface area contributed by atoms with E-state index < -0.39 is 5.97 Å². The number of nitrogens with two attached hydrogens (primary N) is 2. The molecule has 5 nitrogen and oxygen atoms in total. The molecule has 0 atom stereocenters. The summed E-state index contributed by atoms with van der Waals surface area (Å²) in [4.78, 5) is 11.5. The van der Waals surface area contributed by atoms with Crippen molar-refractivity contribution in [3.8, 4) is 0 Å². The van der Waals surface area contributed by atoms with Crippen LogP contribution in [0.15, 0.2) is 44.4 Å². The predicted octanol–water partition coefficient (Wildman–Crippen LogP) is 1.22. The van der Waals surface area contributed by atoms with Crippen molar-refractivity contribution < 1.29 is 9.90 Å². The number of rotatable bonds is 4. The summed E-state index contributed by atoms with van der Waals surface area (Å²) in [7, 11) is 0. The lowest BCUT2D eigenvalue weighted by molar-refractivity contribution is -0.132. The molecule has 0 amide bonds. The zero-order valence-electron chi connectivity index (χ0n) is 8.11. The van der Waals surface area contributed by atoms with Gasteiger partial charge in [0.1, 0.15) is 10.7 Å². The molecule has 1 aromatic rings. The third kappa shape index (κ3) is 3.44. The first-order chi connectivity index (χ1) is 7.54. The summed E-state index contributed by atoms with van der Waals surface area (Å²) in [6, 6.07) is 7.32. The van der Waals surface area contributed by atoms with Crippen molar-refractivity contribution in [3.05, 3.63) is 39.5 Å². The lowest BCUT2D eigenvalue weighted by atomic mass is 10.4. The maximum absolute atomic E-state index is 10.6. The minimum Gasteiger partial charge on any atom is -0.477 e. The molecule has 0 fully saturated rings. The molecule has 0 aliphatic heterocycles. The second kappa shape index (κ2) is 5.78. The van der Waals surface area contributed by atoms with Crippen LogP contribution in [0.2, 0.25) is 0 Å². The summed E-state index contributed by atoms with van der Waals surface area (Å²) in [6.07, 6.45) is 0. The third-order valence-electron chi connectivity index (χ3n) is 1.64. The van der Waals surface area contributed by atoms with Crippen LogP contribution in [0.3, 0.4) is 0 Å². The van der Waals surface area contributed by atoms with E-state index in [-0.39, 0.29) is 10.7 Å². The molecular formula is C9H10BrN3O2S. The Morgan fingerprint density at radius 2 is 1.94 bits per heavy atom. The number of nitrogens with one attached hydrogen (secondary N) is 1. The van der Waals surface area contributed by atoms with E-state index in [1.165, 1.54) is 0 Å². The first-order valence-electron chi connectivity index (χ1n) is 4.17. The highest BCUT2D eigenvalue weighted by Gasteiger charge is 2.10. The van der Waals surface area contributed by atoms with E-state index in [9.17, 15) is 4.79 Å². The highest BCUT2D eigenvalue weighted by Crippen LogP contribution is 2.26. The molecule has 7 heteroatoms. The van der Waals surface area contributed by atoms with E-state index in [0.717, 1.165) is 21.1 Å². The van der Waals surface area contributed by atoms with Crippen molar-refractivity contribution in [3.63, 3.8) is 0 Å². The summed E-state index contributed by atoms with van der Waals surface area (Å²) >= 11 is 4.45. The number of halogens is 1. The standard InChI is InChI=1S/C9H10BrN3O2S/c10-5-1-3-6(4-2-5)16-8(13-12)7(11)9(14)15/h1-4,13H,11-12H2,(H,14,15)/b8-7+. The van der Waals surface area contributed by atoms with E-state index in [4.69, 9.17) is 16.7 Å². The van der Waals surface area contributed by atoms with Crippen LogP contribution in [0, 0.1) is 0 Å². The van der Waals surface area contributed by atoms with Crippen LogP contribution in [0.4, 0.5) is 0 Å². The number of hydrogen-bond acceptors (Lipinski definition) is 5. The van der Waals surface area contributed by atoms with Gasteiger partial charge in [0.2, 0.25) is 0 Å². The van der Waals surface area contributed by atoms with Crippen LogP contribution >= 0.6 is 27.7 Å². The maximum atomic E-state index is 10.6. The number of carbonyl (C=O) groups is 1. The van der Waals surface area contributed by atoms with Crippen molar-refractivity contribution in [2.45, 2.75) is 4.90 Å². The van der Waals surface area contributed by atoms with Gasteiger partial charge in [-0.25, -0.2) is 10.6 Å². The highest BCUT2D eigenvalue weighted by molar-refractivity contribution is 9.10. The highest BCUT2D eigenvalue weighted by atomic mass is 79.9. The number of hydrazine groups is 1. The Labute approximate surface area is 105 Å². The van der Waals surface area contributed by atoms with Crippen LogP contribution < -0.4 is 17.0 Å². The summed E-state index contributed by atoms with van der Waals surface area (Å²) in [5, 5.41) is 8.91. The monoisotopic (exact) mass is 303 g/mol. The summed E-state index contributed by atoms with van der Waals surface area (Å²) in [5.74, 6) is 4.00. The van der Waals surface area contributed by atoms with Crippen LogP contribution in [0.5, 0.6) is 0 Å². The molecular weight excluding hydrogens is 294 g/mol. The summed E-state index contributed by atoms with van der Waals surface area (Å²) < 4.78 is 0.939. The van der Waals surface area contributed by atoms with E-state index >= 15 is 0 Å². The fourth-order valence-electron chi connectivity index (χ4n) is 0.880. The smallest absolute Gasteiger partial charge is 0.354 e. The Morgan fingerprint density at radius 3 is 2.38 bits per heavy atom. The molecule has 86 valence electrons. The van der Waals surface area contributed by atoms with Gasteiger partial charge in [-0.3, -0.25) is 0 Å². The van der Waals surface area contributed by atoms with Gasteiger partial charge in [0.05, 0.1) is 0 Å². The molecule has 0 aliphatic rings. The van der Waals surface area contributed by atoms with Crippen LogP contribution in [-0.4, -0.2) is 11.1 Å². The Kier molecular flexibility index (Phi) is 4.66. The fraction of sp³-hybridized carbons (Fsp3) is 0. The Bertz CT molecular complexity index is 419. The van der Waals surface area contributed by atoms with E-state index in [2.05, 4.69) is 21.4 Å². The number of benzene rings is 1. The molecule has 0 aromatic heterocycles. The van der Waals surface area contributed by atoms with Gasteiger partial charge in [-0.05, 0) is 24.3 Å². The summed E-state index contributed by atoms with van der Waals surface area (Å²) in [6.45, 7) is 0. The van der Waals surface area contributed by atoms with Gasteiger partial charge in [-0.2, -0.15) is 0 Å². The van der Waals surface area contributed by atoms with E-state index in [1.807, 2.05) is 24.3 Å². The van der Waals surface area contributed by atoms with Crippen molar-refractivity contribution >= 4 is 33.7 Å². The Morgan fingerprint density at radius 1 is 1.38 bits per heavy atom. The second-order valence-electron chi connectivity index (χ2n) is 2.75. The normalized spacial score (nSPS) is 11.9. The number of thioether (sulfide) groups is 1. The molecule has 1 rings (SSSR count). The van der Waals surface area contributed by atoms with Gasteiger partial charge < -0.3 is 16.3 Å². The molecule has 0 bridgehead atoms. The average molecular weight is 304 g/mol. The topological polar surface area (TPSA) is 101 Å². The molecule has 0 aliphatic carbocycles. The fourth-order valence-corrected chi connectivity index (χ4v) is 1.91. The lowest BCUT2D eigenvalue weighted by Crippen LogP contribution is -2.26. The van der Waals surface area contributed by atoms with Gasteiger partial charge in [0.25, 0.3) is 0 Å². The van der Waals surface area contributed by atoms with Gasteiger partial charge >= 0.3 is 5.97 Å². The molecule has 0 spiro atoms. The predicted molar refractivity (Wildman–Crippen MR) is 66.2 cm³/mol. The average Bonchev–Trinajstić information content (AvgIpc) is 2.27. The zero-order valence-corrected chi connectivity index (χ0v) is 10.5. The molecule has 16 heavy (non-hydrogen) atoms. The lowest BCUT2D eigenvalue weighted by Gasteiger charge is -2.08. The Balaban J connectivity index is 2.90.